The van der Waals surface area contributed by atoms with Crippen molar-refractivity contribution in [3.05, 3.63) is 24.3 Å². The molecule has 0 radical (unpaired) electrons. The average Bonchev–Trinajstić information content (AvgIpc) is 3.27. The molecule has 3 fully saturated rings. The first-order valence-corrected chi connectivity index (χ1v) is 16.0. The van der Waals surface area contributed by atoms with Gasteiger partial charge in [0, 0.05) is 32.6 Å². The van der Waals surface area contributed by atoms with Crippen LogP contribution in [-0.2, 0) is 23.7 Å². The maximum absolute atomic E-state index is 11.2. The molecule has 2 unspecified atom stereocenters. The van der Waals surface area contributed by atoms with Gasteiger partial charge in [-0.15, -0.1) is 0 Å². The topological polar surface area (TPSA) is 95.5 Å². The molecule has 7 atom stereocenters. The molecule has 8 nitrogen and oxygen atoms in total. The zero-order chi connectivity index (χ0) is 28.4. The van der Waals surface area contributed by atoms with E-state index in [4.69, 9.17) is 23.7 Å². The van der Waals surface area contributed by atoms with Crippen molar-refractivity contribution in [1.29, 1.82) is 0 Å². The van der Waals surface area contributed by atoms with E-state index >= 15 is 0 Å². The second-order valence-electron chi connectivity index (χ2n) is 11.5. The molecule has 0 aromatic carbocycles. The summed E-state index contributed by atoms with van der Waals surface area (Å²) in [6, 6.07) is 0. The number of allylic oxidation sites excluding steroid dienone is 2. The number of carbonyl (C=O) groups is 1. The van der Waals surface area contributed by atoms with Gasteiger partial charge in [0.1, 0.15) is 0 Å². The lowest BCUT2D eigenvalue weighted by Crippen LogP contribution is -2.31. The molecule has 0 aromatic heterocycles. The van der Waals surface area contributed by atoms with Crippen LogP contribution in [0.25, 0.3) is 0 Å². The Morgan fingerprint density at radius 2 is 1.80 bits per heavy atom. The Morgan fingerprint density at radius 3 is 2.50 bits per heavy atom. The van der Waals surface area contributed by atoms with Crippen LogP contribution in [0.1, 0.15) is 103 Å². The Balaban J connectivity index is 1.60. The van der Waals surface area contributed by atoms with Gasteiger partial charge in [-0.05, 0) is 76.5 Å². The molecule has 3 rings (SSSR count). The molecule has 8 heteroatoms. The van der Waals surface area contributed by atoms with Crippen LogP contribution >= 0.6 is 0 Å². The zero-order valence-corrected chi connectivity index (χ0v) is 25.0. The number of hydrogen-bond acceptors (Lipinski definition) is 7. The van der Waals surface area contributed by atoms with Crippen molar-refractivity contribution in [2.24, 2.45) is 11.8 Å². The lowest BCUT2D eigenvalue weighted by Gasteiger charge is -2.30. The van der Waals surface area contributed by atoms with E-state index in [9.17, 15) is 9.90 Å². The van der Waals surface area contributed by atoms with Gasteiger partial charge in [0.05, 0.1) is 24.9 Å². The van der Waals surface area contributed by atoms with Crippen LogP contribution in [0.5, 0.6) is 0 Å². The van der Waals surface area contributed by atoms with Gasteiger partial charge >= 0.3 is 6.09 Å². The SMILES string of the molecule is CCCCC[C@@H](C=C[C@@H]1[C@@H](CC=CCCCCOC(=O)NC)[C@@H](O)C[C@H]1OC1CCCCO1)OC1CCCCO1. The van der Waals surface area contributed by atoms with Crippen molar-refractivity contribution in [2.45, 2.75) is 134 Å². The number of aliphatic hydroxyl groups excluding tert-OH is 1. The summed E-state index contributed by atoms with van der Waals surface area (Å²) in [4.78, 5) is 11.2. The number of ether oxygens (including phenoxy) is 5. The Hall–Kier alpha value is -1.45. The van der Waals surface area contributed by atoms with E-state index in [2.05, 4.69) is 36.5 Å². The number of hydrogen-bond donors (Lipinski definition) is 2. The highest BCUT2D eigenvalue weighted by molar-refractivity contribution is 5.66. The van der Waals surface area contributed by atoms with Gasteiger partial charge in [-0.1, -0.05) is 50.5 Å². The van der Waals surface area contributed by atoms with Crippen molar-refractivity contribution in [2.75, 3.05) is 26.9 Å². The molecule has 2 aliphatic heterocycles. The van der Waals surface area contributed by atoms with E-state index in [-0.39, 0.29) is 42.7 Å². The van der Waals surface area contributed by atoms with Gasteiger partial charge in [-0.2, -0.15) is 0 Å². The summed E-state index contributed by atoms with van der Waals surface area (Å²) >= 11 is 0. The Bertz CT molecular complexity index is 733. The molecule has 1 saturated carbocycles. The van der Waals surface area contributed by atoms with E-state index in [1.165, 1.54) is 12.8 Å². The molecule has 0 aromatic rings. The van der Waals surface area contributed by atoms with Gasteiger partial charge in [0.25, 0.3) is 0 Å². The third kappa shape index (κ3) is 12.2. The minimum Gasteiger partial charge on any atom is -0.450 e. The Labute approximate surface area is 242 Å². The Kier molecular flexibility index (Phi) is 16.2. The maximum Gasteiger partial charge on any atom is 0.406 e. The summed E-state index contributed by atoms with van der Waals surface area (Å²) in [6.07, 6.45) is 22.6. The minimum atomic E-state index is -0.421. The summed E-state index contributed by atoms with van der Waals surface area (Å²) < 4.78 is 29.7. The van der Waals surface area contributed by atoms with Crippen molar-refractivity contribution < 1.29 is 33.6 Å². The minimum absolute atomic E-state index is 0.00664. The Morgan fingerprint density at radius 1 is 1.02 bits per heavy atom. The molecule has 0 bridgehead atoms. The van der Waals surface area contributed by atoms with Gasteiger partial charge in [0.15, 0.2) is 12.6 Å². The first-order chi connectivity index (χ1) is 19.6. The lowest BCUT2D eigenvalue weighted by atomic mass is 9.89. The van der Waals surface area contributed by atoms with E-state index in [0.717, 1.165) is 90.3 Å². The van der Waals surface area contributed by atoms with Crippen LogP contribution in [0, 0.1) is 11.8 Å². The summed E-state index contributed by atoms with van der Waals surface area (Å²) in [5, 5.41) is 13.6. The quantitative estimate of drug-likeness (QED) is 0.155. The second-order valence-corrected chi connectivity index (χ2v) is 11.5. The number of rotatable bonds is 17. The first-order valence-electron chi connectivity index (χ1n) is 16.0. The summed E-state index contributed by atoms with van der Waals surface area (Å²) in [7, 11) is 1.56. The summed E-state index contributed by atoms with van der Waals surface area (Å²) in [5.74, 6) is 0.176. The molecule has 2 N–H and O–H groups in total. The van der Waals surface area contributed by atoms with Crippen LogP contribution in [-0.4, -0.2) is 69.0 Å². The highest BCUT2D eigenvalue weighted by atomic mass is 16.7. The first kappa shape index (κ1) is 33.1. The van der Waals surface area contributed by atoms with Crippen LogP contribution < -0.4 is 5.32 Å². The fourth-order valence-corrected chi connectivity index (χ4v) is 5.89. The second kappa shape index (κ2) is 19.6. The molecular formula is C32H55NO7. The molecule has 230 valence electrons. The van der Waals surface area contributed by atoms with Crippen molar-refractivity contribution in [1.82, 2.24) is 5.32 Å². The van der Waals surface area contributed by atoms with Gasteiger partial charge in [-0.3, -0.25) is 0 Å². The van der Waals surface area contributed by atoms with Crippen molar-refractivity contribution in [3.8, 4) is 0 Å². The maximum atomic E-state index is 11.2. The van der Waals surface area contributed by atoms with Gasteiger partial charge in [-0.25, -0.2) is 4.79 Å². The number of aliphatic hydroxyl groups is 1. The highest BCUT2D eigenvalue weighted by Gasteiger charge is 2.42. The summed E-state index contributed by atoms with van der Waals surface area (Å²) in [6.45, 7) is 4.17. The average molecular weight is 566 g/mol. The van der Waals surface area contributed by atoms with Crippen molar-refractivity contribution in [3.63, 3.8) is 0 Å². The normalized spacial score (nSPS) is 30.2. The predicted octanol–water partition coefficient (Wildman–Crippen LogP) is 6.42. The smallest absolute Gasteiger partial charge is 0.406 e. The zero-order valence-electron chi connectivity index (χ0n) is 25.0. The number of unbranched alkanes of at least 4 members (excludes halogenated alkanes) is 4. The van der Waals surface area contributed by atoms with Crippen LogP contribution in [0.3, 0.4) is 0 Å². The standard InChI is InChI=1S/C32H55NO7/c1-3-4-8-15-25(39-30-17-10-13-21-36-30)19-20-27-26(16-9-6-5-7-12-23-38-32(35)33-2)28(34)24-29(27)40-31-18-11-14-22-37-31/h6,9,19-20,25-31,34H,3-5,7-8,10-18,21-24H2,1-2H3,(H,33,35)/t25-,26+,27+,28-,29+,30?,31?/m0/s1. The largest absolute Gasteiger partial charge is 0.450 e. The fraction of sp³-hybridized carbons (Fsp3) is 0.844. The number of nitrogens with one attached hydrogen (secondary N) is 1. The summed E-state index contributed by atoms with van der Waals surface area (Å²) in [5.41, 5.74) is 0. The molecule has 2 heterocycles. The van der Waals surface area contributed by atoms with E-state index < -0.39 is 6.10 Å². The molecule has 3 aliphatic rings. The molecule has 2 saturated heterocycles. The molecule has 40 heavy (non-hydrogen) atoms. The predicted molar refractivity (Wildman–Crippen MR) is 156 cm³/mol. The molecule has 0 spiro atoms. The van der Waals surface area contributed by atoms with Gasteiger partial charge in [0.2, 0.25) is 0 Å². The monoisotopic (exact) mass is 565 g/mol. The van der Waals surface area contributed by atoms with Crippen LogP contribution in [0.2, 0.25) is 0 Å². The number of carbonyl (C=O) groups excluding carboxylic acids is 1. The molecule has 1 amide bonds. The van der Waals surface area contributed by atoms with E-state index in [1.54, 1.807) is 7.05 Å². The lowest BCUT2D eigenvalue weighted by molar-refractivity contribution is -0.193. The van der Waals surface area contributed by atoms with Crippen LogP contribution in [0.4, 0.5) is 4.79 Å². The molecule has 1 aliphatic carbocycles. The van der Waals surface area contributed by atoms with E-state index in [1.807, 2.05) is 0 Å². The van der Waals surface area contributed by atoms with E-state index in [0.29, 0.717) is 13.0 Å². The third-order valence-corrected chi connectivity index (χ3v) is 8.24. The highest BCUT2D eigenvalue weighted by Crippen LogP contribution is 2.39. The van der Waals surface area contributed by atoms with Crippen LogP contribution in [0.15, 0.2) is 24.3 Å². The molecular weight excluding hydrogens is 510 g/mol. The number of amides is 1. The fourth-order valence-electron chi connectivity index (χ4n) is 5.89. The third-order valence-electron chi connectivity index (χ3n) is 8.24. The number of alkyl carbamates (subject to hydrolysis) is 1. The van der Waals surface area contributed by atoms with Crippen molar-refractivity contribution >= 4 is 6.09 Å². The van der Waals surface area contributed by atoms with Gasteiger partial charge < -0.3 is 34.1 Å².